The molecule has 0 spiro atoms. The van der Waals surface area contributed by atoms with Crippen LogP contribution in [-0.4, -0.2) is 192 Å². The topological polar surface area (TPSA) is 183 Å². The lowest BCUT2D eigenvalue weighted by atomic mass is 10.1. The van der Waals surface area contributed by atoms with Gasteiger partial charge >= 0.3 is 98.8 Å². The first-order chi connectivity index (χ1) is 48.1. The highest BCUT2D eigenvalue weighted by Gasteiger charge is 2.49. The van der Waals surface area contributed by atoms with Crippen molar-refractivity contribution in [2.24, 2.45) is 0 Å². The van der Waals surface area contributed by atoms with Crippen molar-refractivity contribution in [2.45, 2.75) is 98.8 Å². The molecule has 2 aliphatic heterocycles. The number of halogens is 32. The van der Waals surface area contributed by atoms with E-state index in [0.29, 0.717) is 24.3 Å². The van der Waals surface area contributed by atoms with Gasteiger partial charge in [-0.1, -0.05) is 0 Å². The van der Waals surface area contributed by atoms with E-state index in [9.17, 15) is 140 Å². The average molecular weight is 1550 g/mol. The molecule has 7 aromatic rings. The number of hydrogen-bond donors (Lipinski definition) is 2. The van der Waals surface area contributed by atoms with Crippen LogP contribution in [0.4, 0.5) is 140 Å². The molecular weight excluding hydrogens is 1520 g/mol. The molecule has 0 aliphatic carbocycles. The third-order valence-corrected chi connectivity index (χ3v) is 14.0. The lowest BCUT2D eigenvalue weighted by molar-refractivity contribution is -0.148. The van der Waals surface area contributed by atoms with Crippen LogP contribution in [0.5, 0.6) is 46.0 Å². The van der Waals surface area contributed by atoms with Crippen molar-refractivity contribution >= 4 is 44.1 Å². The Kier molecular flexibility index (Phi) is 21.7. The average Bonchev–Trinajstić information content (AvgIpc) is 1.58. The molecule has 0 saturated heterocycles. The van der Waals surface area contributed by atoms with Crippen LogP contribution in [0.1, 0.15) is 0 Å². The van der Waals surface area contributed by atoms with Crippen LogP contribution in [-0.2, 0) is 0 Å². The van der Waals surface area contributed by atoms with E-state index in [2.05, 4.69) is 39.9 Å². The molecule has 0 radical (unpaired) electrons. The fourth-order valence-corrected chi connectivity index (χ4v) is 8.93. The van der Waals surface area contributed by atoms with Gasteiger partial charge in [-0.15, -0.1) is 0 Å². The number of alkyl halides is 32. The summed E-state index contributed by atoms with van der Waals surface area (Å²) in [4.78, 5) is 28.4. The lowest BCUT2D eigenvalue weighted by Crippen LogP contribution is -2.34. The predicted molar refractivity (Wildman–Crippen MR) is 288 cm³/mol. The van der Waals surface area contributed by atoms with Crippen molar-refractivity contribution in [1.29, 1.82) is 0 Å². The summed E-state index contributed by atoms with van der Waals surface area (Å²) >= 11 is 0. The van der Waals surface area contributed by atoms with Crippen LogP contribution in [0.25, 0.3) is 89.7 Å². The standard InChI is InChI=1S/C56H34F32N8O8/c57-41(58)49(73,74)9-97-17-1-2-18(98-10-50(75,76)42(59)60)26-25(17)33-89-34(26)94-36-29-21(101-13-53(81,82)45(65)66)5-6-22(102-14-54(83,84)46(67)68)30(29)38(91-36)96-40-32-24(104-16-56(87,88)48(71)72)8-7-23(103-15-55(85,86)47(69)70)31(32)39(92-40)95-37-28-20(100-12-52(79,80)44(63)64)4-3-19(27(28)35(90-37)93-33)99-11-51(77,78)43(61)62/h1-8,41-48H,9-16H2,(H2,89,90,91,92,93,94,95,96). The van der Waals surface area contributed by atoms with Crippen LogP contribution >= 0.6 is 0 Å². The van der Waals surface area contributed by atoms with Crippen LogP contribution in [0.3, 0.4) is 0 Å². The molecule has 9 rings (SSSR count). The molecule has 16 nitrogen and oxygen atoms in total. The Hall–Kier alpha value is -9.60. The monoisotopic (exact) mass is 1550 g/mol. The maximum absolute atomic E-state index is 14.9. The van der Waals surface area contributed by atoms with E-state index in [1.807, 2.05) is 0 Å². The second-order valence-electron chi connectivity index (χ2n) is 21.7. The van der Waals surface area contributed by atoms with E-state index in [1.165, 1.54) is 0 Å². The number of hydrogen-bond acceptors (Lipinski definition) is 14. The summed E-state index contributed by atoms with van der Waals surface area (Å²) in [5.41, 5.74) is -11.1. The van der Waals surface area contributed by atoms with Gasteiger partial charge < -0.3 is 47.9 Å². The van der Waals surface area contributed by atoms with Crippen molar-refractivity contribution in [3.8, 4) is 91.5 Å². The maximum atomic E-state index is 14.9. The number of aromatic amines is 2. The molecule has 2 aliphatic rings. The molecule has 0 saturated carbocycles. The van der Waals surface area contributed by atoms with Gasteiger partial charge in [-0.05, 0) is 48.5 Å². The Labute approximate surface area is 553 Å². The zero-order valence-electron chi connectivity index (χ0n) is 49.9. The zero-order valence-corrected chi connectivity index (χ0v) is 49.9. The number of fused-ring (bicyclic) bond motifs is 20. The first kappa shape index (κ1) is 78.5. The Morgan fingerprint density at radius 2 is 0.356 bits per heavy atom. The highest BCUT2D eigenvalue weighted by atomic mass is 19.4. The molecule has 5 heterocycles. The zero-order chi connectivity index (χ0) is 77.1. The molecule has 104 heavy (non-hydrogen) atoms. The minimum absolute atomic E-state index is 0.290. The SMILES string of the molecule is FC(F)C(F)(F)COc1ccc(OCC(F)(F)C(F)F)c2c1-c1nc-2nc2[nH]c(nc3nc(nc4[nH]c(n1)c1c(OCC(F)(F)C(F)F)ccc(OCC(F)(F)C(F)F)c41)-c1c(OCC(F)(F)C(F)F)ccc(OCC(F)(F)C(F)F)c1-3)c1c(OCC(F)(F)C(F)F)ccc(OCC(F)(F)C(F)F)c21. The smallest absolute Gasteiger partial charge is 0.340 e. The Balaban J connectivity index is 1.59. The summed E-state index contributed by atoms with van der Waals surface area (Å²) in [5.74, 6) is -59.4. The molecule has 8 bridgehead atoms. The van der Waals surface area contributed by atoms with Crippen LogP contribution in [0, 0.1) is 0 Å². The molecule has 48 heteroatoms. The molecule has 0 amide bonds. The normalized spacial score (nSPS) is 13.6. The van der Waals surface area contributed by atoms with Crippen molar-refractivity contribution in [3.05, 3.63) is 48.5 Å². The van der Waals surface area contributed by atoms with Gasteiger partial charge in [0.1, 0.15) is 68.6 Å². The second kappa shape index (κ2) is 28.8. The fraction of sp³-hybridized carbons (Fsp3) is 0.429. The summed E-state index contributed by atoms with van der Waals surface area (Å²) in [5, 5.41) is -5.28. The molecule has 0 fully saturated rings. The van der Waals surface area contributed by atoms with Crippen molar-refractivity contribution < 1.29 is 178 Å². The van der Waals surface area contributed by atoms with Crippen LogP contribution in [0.15, 0.2) is 48.5 Å². The number of aromatic nitrogens is 8. The molecule has 2 N–H and O–H groups in total. The van der Waals surface area contributed by atoms with E-state index in [4.69, 9.17) is 37.9 Å². The van der Waals surface area contributed by atoms with Gasteiger partial charge in [0.15, 0.2) is 76.2 Å². The van der Waals surface area contributed by atoms with Crippen LogP contribution < -0.4 is 37.9 Å². The van der Waals surface area contributed by atoms with Crippen molar-refractivity contribution in [1.82, 2.24) is 39.9 Å². The molecule has 4 aromatic carbocycles. The van der Waals surface area contributed by atoms with E-state index in [0.717, 1.165) is 0 Å². The van der Waals surface area contributed by atoms with Crippen molar-refractivity contribution in [3.63, 3.8) is 0 Å². The minimum Gasteiger partial charge on any atom is -0.486 e. The second-order valence-corrected chi connectivity index (χ2v) is 21.7. The maximum Gasteiger partial charge on any atom is 0.340 e. The molecule has 0 atom stereocenters. The van der Waals surface area contributed by atoms with Gasteiger partial charge in [-0.25, -0.2) is 100 Å². The van der Waals surface area contributed by atoms with Gasteiger partial charge in [0.2, 0.25) is 0 Å². The number of rotatable bonds is 32. The van der Waals surface area contributed by atoms with E-state index < -0.39 is 287 Å². The summed E-state index contributed by atoms with van der Waals surface area (Å²) in [6, 6.07) is 2.34. The van der Waals surface area contributed by atoms with Crippen molar-refractivity contribution in [2.75, 3.05) is 52.9 Å². The lowest BCUT2D eigenvalue weighted by Gasteiger charge is -2.20. The number of nitrogens with zero attached hydrogens (tertiary/aromatic N) is 6. The summed E-state index contributed by atoms with van der Waals surface area (Å²) in [6.07, 6.45) is -37.4. The largest absolute Gasteiger partial charge is 0.486 e. The van der Waals surface area contributed by atoms with E-state index in [1.54, 1.807) is 0 Å². The summed E-state index contributed by atoms with van der Waals surface area (Å²) in [6.45, 7) is -20.1. The van der Waals surface area contributed by atoms with E-state index >= 15 is 0 Å². The van der Waals surface area contributed by atoms with Gasteiger partial charge in [0, 0.05) is 0 Å². The fourth-order valence-electron chi connectivity index (χ4n) is 8.93. The van der Waals surface area contributed by atoms with Gasteiger partial charge in [0.25, 0.3) is 0 Å². The number of nitrogens with one attached hydrogen (secondary N) is 2. The number of benzene rings is 4. The Morgan fingerprint density at radius 3 is 0.500 bits per heavy atom. The van der Waals surface area contributed by atoms with Gasteiger partial charge in [-0.2, -0.15) is 70.2 Å². The highest BCUT2D eigenvalue weighted by Crippen LogP contribution is 2.52. The first-order valence-corrected chi connectivity index (χ1v) is 27.9. The molecule has 0 unspecified atom stereocenters. The Morgan fingerprint density at radius 1 is 0.221 bits per heavy atom. The van der Waals surface area contributed by atoms with Gasteiger partial charge in [-0.3, -0.25) is 0 Å². The third kappa shape index (κ3) is 16.2. The quantitative estimate of drug-likeness (QED) is 0.0380. The Bertz CT molecular complexity index is 3940. The minimum atomic E-state index is -5.29. The van der Waals surface area contributed by atoms with E-state index in [-0.39, 0.29) is 24.3 Å². The number of H-pyrrole nitrogens is 2. The van der Waals surface area contributed by atoms with Crippen LogP contribution in [0.2, 0.25) is 0 Å². The highest BCUT2D eigenvalue weighted by molar-refractivity contribution is 6.13. The number of ether oxygens (including phenoxy) is 8. The summed E-state index contributed by atoms with van der Waals surface area (Å²) < 4.78 is 498. The summed E-state index contributed by atoms with van der Waals surface area (Å²) in [7, 11) is 0. The molecule has 570 valence electrons. The van der Waals surface area contributed by atoms with Gasteiger partial charge in [0.05, 0.1) is 43.8 Å². The first-order valence-electron chi connectivity index (χ1n) is 27.9. The predicted octanol–water partition coefficient (Wildman–Crippen LogP) is 17.1. The molecule has 3 aromatic heterocycles. The molecular formula is C56H34F32N8O8. The third-order valence-electron chi connectivity index (χ3n) is 14.0.